The number of nitrogens with one attached hydrogen (secondary N) is 2. The van der Waals surface area contributed by atoms with Gasteiger partial charge in [-0.15, -0.1) is 0 Å². The molecule has 0 bridgehead atoms. The van der Waals surface area contributed by atoms with Crippen LogP contribution in [0.2, 0.25) is 0 Å². The molecule has 6 nitrogen and oxygen atoms in total. The van der Waals surface area contributed by atoms with Gasteiger partial charge in [0.15, 0.2) is 5.03 Å². The number of rotatable bonds is 5. The second-order valence-electron chi connectivity index (χ2n) is 5.82. The lowest BCUT2D eigenvalue weighted by Gasteiger charge is -2.38. The Kier molecular flexibility index (Phi) is 4.51. The van der Waals surface area contributed by atoms with Gasteiger partial charge in [0.2, 0.25) is 0 Å². The lowest BCUT2D eigenvalue weighted by Crippen LogP contribution is -2.55. The van der Waals surface area contributed by atoms with Gasteiger partial charge < -0.3 is 10.7 Å². The summed E-state index contributed by atoms with van der Waals surface area (Å²) in [4.78, 5) is 6.89. The maximum absolute atomic E-state index is 12.4. The molecular weight excluding hydrogens is 276 g/mol. The highest BCUT2D eigenvalue weighted by Gasteiger charge is 2.37. The Morgan fingerprint density at radius 2 is 2.15 bits per heavy atom. The maximum atomic E-state index is 12.4. The third-order valence-electron chi connectivity index (χ3n) is 4.20. The van der Waals surface area contributed by atoms with Crippen LogP contribution in [0.3, 0.4) is 0 Å². The molecule has 1 aromatic rings. The molecule has 114 valence electrons. The van der Waals surface area contributed by atoms with Gasteiger partial charge in [-0.25, -0.2) is 18.1 Å². The normalized spacial score (nSPS) is 27.6. The van der Waals surface area contributed by atoms with Gasteiger partial charge in [-0.2, -0.15) is 0 Å². The van der Waals surface area contributed by atoms with Crippen LogP contribution < -0.4 is 10.5 Å². The number of hydrogen-bond donors (Lipinski definition) is 3. The van der Waals surface area contributed by atoms with E-state index in [0.29, 0.717) is 24.7 Å². The van der Waals surface area contributed by atoms with Crippen molar-refractivity contribution in [3.8, 4) is 0 Å². The third kappa shape index (κ3) is 3.21. The van der Waals surface area contributed by atoms with Crippen molar-refractivity contribution in [1.29, 1.82) is 0 Å². The highest BCUT2D eigenvalue weighted by Crippen LogP contribution is 2.32. The summed E-state index contributed by atoms with van der Waals surface area (Å²) in [6.45, 7) is 4.44. The predicted octanol–water partition coefficient (Wildman–Crippen LogP) is 1.16. The number of aromatic nitrogens is 2. The van der Waals surface area contributed by atoms with Crippen LogP contribution >= 0.6 is 0 Å². The van der Waals surface area contributed by atoms with Gasteiger partial charge in [-0.3, -0.25) is 0 Å². The quantitative estimate of drug-likeness (QED) is 0.759. The topological polar surface area (TPSA) is 101 Å². The van der Waals surface area contributed by atoms with Gasteiger partial charge in [-0.05, 0) is 31.6 Å². The monoisotopic (exact) mass is 300 g/mol. The van der Waals surface area contributed by atoms with Crippen LogP contribution in [0.5, 0.6) is 0 Å². The van der Waals surface area contributed by atoms with E-state index in [2.05, 4.69) is 21.6 Å². The molecule has 1 aliphatic carbocycles. The number of H-pyrrole nitrogens is 1. The number of imidazole rings is 1. The molecule has 0 saturated heterocycles. The van der Waals surface area contributed by atoms with Gasteiger partial charge in [-0.1, -0.05) is 13.8 Å². The van der Waals surface area contributed by atoms with Crippen molar-refractivity contribution in [1.82, 2.24) is 14.7 Å². The van der Waals surface area contributed by atoms with Gasteiger partial charge in [0.05, 0.1) is 6.20 Å². The number of aromatic amines is 1. The summed E-state index contributed by atoms with van der Waals surface area (Å²) >= 11 is 0. The zero-order valence-electron chi connectivity index (χ0n) is 12.1. The van der Waals surface area contributed by atoms with E-state index in [9.17, 15) is 8.42 Å². The van der Waals surface area contributed by atoms with E-state index >= 15 is 0 Å². The van der Waals surface area contributed by atoms with E-state index in [0.717, 1.165) is 25.7 Å². The van der Waals surface area contributed by atoms with Crippen LogP contribution in [-0.4, -0.2) is 30.5 Å². The second kappa shape index (κ2) is 5.83. The van der Waals surface area contributed by atoms with Crippen molar-refractivity contribution >= 4 is 10.0 Å². The Morgan fingerprint density at radius 3 is 2.65 bits per heavy atom. The van der Waals surface area contributed by atoms with Crippen molar-refractivity contribution in [2.45, 2.75) is 56.5 Å². The fraction of sp³-hybridized carbons (Fsp3) is 0.769. The third-order valence-corrected chi connectivity index (χ3v) is 5.69. The summed E-state index contributed by atoms with van der Waals surface area (Å²) in [5.41, 5.74) is 5.34. The van der Waals surface area contributed by atoms with Crippen LogP contribution in [0.25, 0.3) is 0 Å². The van der Waals surface area contributed by atoms with Crippen molar-refractivity contribution in [3.05, 3.63) is 12.0 Å². The lowest BCUT2D eigenvalue weighted by atomic mass is 9.78. The van der Waals surface area contributed by atoms with Crippen LogP contribution in [0.1, 0.15) is 45.4 Å². The standard InChI is InChI=1S/C13H24N4O2S/c1-3-11-15-8-12(16-11)20(18,19)17-13(9-14)6-4-10(2)5-7-13/h8,10,17H,3-7,9,14H2,1-2H3,(H,15,16). The fourth-order valence-corrected chi connectivity index (χ4v) is 4.07. The summed E-state index contributed by atoms with van der Waals surface area (Å²) in [6, 6.07) is 0. The molecular formula is C13H24N4O2S. The number of nitrogens with two attached hydrogens (primary N) is 1. The van der Waals surface area contributed by atoms with E-state index in [4.69, 9.17) is 5.73 Å². The SMILES string of the molecule is CCc1ncc(S(=O)(=O)NC2(CN)CCC(C)CC2)[nH]1. The molecule has 0 amide bonds. The minimum atomic E-state index is -3.59. The van der Waals surface area contributed by atoms with Crippen molar-refractivity contribution in [2.75, 3.05) is 6.54 Å². The Morgan fingerprint density at radius 1 is 1.50 bits per heavy atom. The molecule has 7 heteroatoms. The minimum absolute atomic E-state index is 0.126. The first-order valence-corrected chi connectivity index (χ1v) is 8.67. The molecule has 2 rings (SSSR count). The Labute approximate surface area is 120 Å². The molecule has 1 fully saturated rings. The highest BCUT2D eigenvalue weighted by molar-refractivity contribution is 7.89. The van der Waals surface area contributed by atoms with E-state index < -0.39 is 15.6 Å². The largest absolute Gasteiger partial charge is 0.332 e. The first kappa shape index (κ1) is 15.5. The average molecular weight is 300 g/mol. The lowest BCUT2D eigenvalue weighted by molar-refractivity contribution is 0.231. The number of sulfonamides is 1. The summed E-state index contributed by atoms with van der Waals surface area (Å²) in [5, 5.41) is 0.126. The maximum Gasteiger partial charge on any atom is 0.258 e. The zero-order chi connectivity index (χ0) is 14.8. The van der Waals surface area contributed by atoms with E-state index in [1.165, 1.54) is 6.20 Å². The molecule has 0 radical (unpaired) electrons. The molecule has 0 unspecified atom stereocenters. The van der Waals surface area contributed by atoms with Gasteiger partial charge in [0, 0.05) is 18.5 Å². The van der Waals surface area contributed by atoms with E-state index in [1.54, 1.807) is 0 Å². The first-order valence-electron chi connectivity index (χ1n) is 7.19. The second-order valence-corrected chi connectivity index (χ2v) is 7.47. The zero-order valence-corrected chi connectivity index (χ0v) is 13.0. The Hall–Kier alpha value is -0.920. The molecule has 0 aromatic carbocycles. The number of nitrogens with zero attached hydrogens (tertiary/aromatic N) is 1. The van der Waals surface area contributed by atoms with E-state index in [1.807, 2.05) is 6.92 Å². The Bertz CT molecular complexity index is 544. The molecule has 1 saturated carbocycles. The first-order chi connectivity index (χ1) is 9.41. The smallest absolute Gasteiger partial charge is 0.258 e. The molecule has 20 heavy (non-hydrogen) atoms. The molecule has 1 aliphatic rings. The molecule has 0 aliphatic heterocycles. The van der Waals surface area contributed by atoms with Crippen molar-refractivity contribution in [3.63, 3.8) is 0 Å². The van der Waals surface area contributed by atoms with Crippen LogP contribution in [-0.2, 0) is 16.4 Å². The summed E-state index contributed by atoms with van der Waals surface area (Å²) in [7, 11) is -3.59. The Balaban J connectivity index is 2.17. The number of hydrogen-bond acceptors (Lipinski definition) is 4. The van der Waals surface area contributed by atoms with Crippen LogP contribution in [0, 0.1) is 5.92 Å². The molecule has 4 N–H and O–H groups in total. The predicted molar refractivity (Wildman–Crippen MR) is 77.7 cm³/mol. The molecule has 0 atom stereocenters. The van der Waals surface area contributed by atoms with Crippen LogP contribution in [0.4, 0.5) is 0 Å². The van der Waals surface area contributed by atoms with Gasteiger partial charge >= 0.3 is 0 Å². The summed E-state index contributed by atoms with van der Waals surface area (Å²) in [6.07, 6.45) is 5.63. The molecule has 1 aromatic heterocycles. The van der Waals surface area contributed by atoms with Gasteiger partial charge in [0.25, 0.3) is 10.0 Å². The van der Waals surface area contributed by atoms with Crippen molar-refractivity contribution < 1.29 is 8.42 Å². The van der Waals surface area contributed by atoms with Crippen LogP contribution in [0.15, 0.2) is 11.2 Å². The van der Waals surface area contributed by atoms with Gasteiger partial charge in [0.1, 0.15) is 5.82 Å². The minimum Gasteiger partial charge on any atom is -0.332 e. The average Bonchev–Trinajstić information content (AvgIpc) is 2.91. The highest BCUT2D eigenvalue weighted by atomic mass is 32.2. The fourth-order valence-electron chi connectivity index (χ4n) is 2.66. The number of aryl methyl sites for hydroxylation is 1. The molecule has 1 heterocycles. The van der Waals surface area contributed by atoms with E-state index in [-0.39, 0.29) is 5.03 Å². The molecule has 0 spiro atoms. The summed E-state index contributed by atoms with van der Waals surface area (Å²) in [5.74, 6) is 1.31. The summed E-state index contributed by atoms with van der Waals surface area (Å²) < 4.78 is 27.7. The van der Waals surface area contributed by atoms with Crippen molar-refractivity contribution in [2.24, 2.45) is 11.7 Å².